The predicted molar refractivity (Wildman–Crippen MR) is 159 cm³/mol. The van der Waals surface area contributed by atoms with Crippen molar-refractivity contribution in [1.29, 1.82) is 0 Å². The molecule has 3 rings (SSSR count). The SMILES string of the molecule is CC(C)C[C@@H](C(=O)O)N(C(=S)NC(NC(=O)/C=C/c1ccccc1)C(Cl)(Cl)Cl)c1cccc2cccnc12. The number of alkyl halides is 3. The van der Waals surface area contributed by atoms with Crippen LogP contribution in [-0.2, 0) is 9.59 Å². The molecule has 0 aliphatic heterocycles. The van der Waals surface area contributed by atoms with E-state index in [2.05, 4.69) is 15.6 Å². The third-order valence-corrected chi connectivity index (χ3v) is 6.46. The molecule has 1 unspecified atom stereocenters. The Bertz CT molecular complexity index is 1310. The van der Waals surface area contributed by atoms with E-state index in [0.29, 0.717) is 11.2 Å². The number of para-hydroxylation sites is 1. The second-order valence-corrected chi connectivity index (χ2v) is 11.6. The van der Waals surface area contributed by atoms with Gasteiger partial charge in [-0.2, -0.15) is 0 Å². The fourth-order valence-corrected chi connectivity index (χ4v) is 4.45. The Morgan fingerprint density at radius 2 is 1.74 bits per heavy atom. The number of benzene rings is 2. The lowest BCUT2D eigenvalue weighted by Crippen LogP contribution is -2.60. The summed E-state index contributed by atoms with van der Waals surface area (Å²) in [7, 11) is 0. The van der Waals surface area contributed by atoms with Crippen molar-refractivity contribution in [3.63, 3.8) is 0 Å². The van der Waals surface area contributed by atoms with Gasteiger partial charge in [-0.25, -0.2) is 4.79 Å². The first-order valence-corrected chi connectivity index (χ1v) is 13.3. The van der Waals surface area contributed by atoms with E-state index >= 15 is 0 Å². The van der Waals surface area contributed by atoms with E-state index in [0.717, 1.165) is 10.9 Å². The maximum absolute atomic E-state index is 12.7. The first kappa shape index (κ1) is 29.6. The molecule has 3 aromatic rings. The van der Waals surface area contributed by atoms with Gasteiger partial charge in [0.25, 0.3) is 0 Å². The minimum Gasteiger partial charge on any atom is -0.480 e. The molecule has 0 bridgehead atoms. The van der Waals surface area contributed by atoms with Crippen LogP contribution in [0.2, 0.25) is 0 Å². The van der Waals surface area contributed by atoms with E-state index in [1.807, 2.05) is 56.3 Å². The number of fused-ring (bicyclic) bond motifs is 1. The lowest BCUT2D eigenvalue weighted by atomic mass is 10.0. The fourth-order valence-electron chi connectivity index (χ4n) is 3.78. The Kier molecular flexibility index (Phi) is 10.3. The number of anilines is 1. The molecule has 1 heterocycles. The highest BCUT2D eigenvalue weighted by atomic mass is 35.6. The average Bonchev–Trinajstić information content (AvgIpc) is 2.86. The molecule has 3 N–H and O–H groups in total. The molecule has 2 aromatic carbocycles. The van der Waals surface area contributed by atoms with Crippen LogP contribution >= 0.6 is 47.0 Å². The van der Waals surface area contributed by atoms with Gasteiger partial charge in [0.2, 0.25) is 9.70 Å². The van der Waals surface area contributed by atoms with E-state index in [-0.39, 0.29) is 17.5 Å². The number of carbonyl (C=O) groups is 2. The zero-order valence-corrected chi connectivity index (χ0v) is 23.7. The van der Waals surface area contributed by atoms with Gasteiger partial charge in [-0.05, 0) is 48.3 Å². The zero-order chi connectivity index (χ0) is 27.9. The smallest absolute Gasteiger partial charge is 0.326 e. The van der Waals surface area contributed by atoms with Crippen molar-refractivity contribution in [3.05, 3.63) is 78.5 Å². The van der Waals surface area contributed by atoms with Crippen molar-refractivity contribution in [2.75, 3.05) is 4.90 Å². The Balaban J connectivity index is 1.96. The number of hydrogen-bond donors (Lipinski definition) is 3. The quantitative estimate of drug-likeness (QED) is 0.122. The van der Waals surface area contributed by atoms with Gasteiger partial charge in [0.15, 0.2) is 5.11 Å². The second-order valence-electron chi connectivity index (χ2n) is 8.88. The van der Waals surface area contributed by atoms with Crippen molar-refractivity contribution in [3.8, 4) is 0 Å². The lowest BCUT2D eigenvalue weighted by molar-refractivity contribution is -0.138. The van der Waals surface area contributed by atoms with Crippen molar-refractivity contribution in [2.24, 2.45) is 5.92 Å². The van der Waals surface area contributed by atoms with E-state index in [9.17, 15) is 14.7 Å². The maximum Gasteiger partial charge on any atom is 0.326 e. The second kappa shape index (κ2) is 13.2. The Morgan fingerprint density at radius 1 is 1.05 bits per heavy atom. The summed E-state index contributed by atoms with van der Waals surface area (Å²) in [5, 5.41) is 16.4. The number of pyridine rings is 1. The summed E-state index contributed by atoms with van der Waals surface area (Å²) in [6.07, 6.45) is 3.51. The van der Waals surface area contributed by atoms with Crippen LogP contribution < -0.4 is 15.5 Å². The molecule has 200 valence electrons. The lowest BCUT2D eigenvalue weighted by Gasteiger charge is -2.36. The Morgan fingerprint density at radius 3 is 2.37 bits per heavy atom. The van der Waals surface area contributed by atoms with Gasteiger partial charge < -0.3 is 20.6 Å². The van der Waals surface area contributed by atoms with Gasteiger partial charge in [0.1, 0.15) is 12.2 Å². The monoisotopic (exact) mass is 592 g/mol. The fraction of sp³-hybridized carbons (Fsp3) is 0.259. The molecule has 2 atom stereocenters. The molecule has 0 spiro atoms. The summed E-state index contributed by atoms with van der Waals surface area (Å²) in [4.78, 5) is 31.0. The third-order valence-electron chi connectivity index (χ3n) is 5.49. The highest BCUT2D eigenvalue weighted by Crippen LogP contribution is 2.32. The first-order chi connectivity index (χ1) is 18.0. The number of carboxylic acids is 1. The molecule has 11 heteroatoms. The minimum absolute atomic E-state index is 0.0242. The number of carbonyl (C=O) groups excluding carboxylic acids is 1. The number of hydrogen-bond acceptors (Lipinski definition) is 4. The molecular formula is C27H27Cl3N4O3S. The molecule has 0 saturated heterocycles. The van der Waals surface area contributed by atoms with Crippen LogP contribution in [0.4, 0.5) is 5.69 Å². The van der Waals surface area contributed by atoms with Crippen LogP contribution in [0.1, 0.15) is 25.8 Å². The molecule has 0 aliphatic rings. The highest BCUT2D eigenvalue weighted by molar-refractivity contribution is 7.80. The summed E-state index contributed by atoms with van der Waals surface area (Å²) in [5.41, 5.74) is 1.82. The third kappa shape index (κ3) is 8.04. The van der Waals surface area contributed by atoms with Crippen LogP contribution in [0.15, 0.2) is 72.9 Å². The minimum atomic E-state index is -2.03. The van der Waals surface area contributed by atoms with Gasteiger partial charge >= 0.3 is 5.97 Å². The molecule has 1 aromatic heterocycles. The van der Waals surface area contributed by atoms with E-state index < -0.39 is 27.9 Å². The number of nitrogens with one attached hydrogen (secondary N) is 2. The Hall–Kier alpha value is -2.91. The van der Waals surface area contributed by atoms with Crippen molar-refractivity contribution >= 4 is 86.7 Å². The maximum atomic E-state index is 12.7. The van der Waals surface area contributed by atoms with Crippen LogP contribution in [0.5, 0.6) is 0 Å². The topological polar surface area (TPSA) is 94.6 Å². The van der Waals surface area contributed by atoms with Gasteiger partial charge in [-0.3, -0.25) is 9.78 Å². The molecule has 0 aliphatic carbocycles. The molecular weight excluding hydrogens is 567 g/mol. The predicted octanol–water partition coefficient (Wildman–Crippen LogP) is 5.94. The van der Waals surface area contributed by atoms with Crippen molar-refractivity contribution in [1.82, 2.24) is 15.6 Å². The van der Waals surface area contributed by atoms with Crippen LogP contribution in [0.25, 0.3) is 17.0 Å². The zero-order valence-electron chi connectivity index (χ0n) is 20.6. The molecule has 0 radical (unpaired) electrons. The molecule has 0 fully saturated rings. The standard InChI is InChI=1S/C27H27Cl3N4O3S/c1-17(2)16-21(24(36)37)34(20-12-6-10-19-11-7-15-31-23(19)20)26(38)33-25(27(28,29)30)32-22(35)14-13-18-8-4-3-5-9-18/h3-15,17,21,25H,16H2,1-2H3,(H,32,35)(H,33,38)(H,36,37)/b14-13+/t21-,25?/m0/s1. The number of carboxylic acid groups (broad SMARTS) is 1. The summed E-state index contributed by atoms with van der Waals surface area (Å²) in [5.74, 6) is -1.61. The van der Waals surface area contributed by atoms with Gasteiger partial charge in [-0.1, -0.05) is 97.2 Å². The van der Waals surface area contributed by atoms with Crippen LogP contribution in [0, 0.1) is 5.92 Å². The van der Waals surface area contributed by atoms with Gasteiger partial charge in [0.05, 0.1) is 11.2 Å². The number of nitrogens with zero attached hydrogens (tertiary/aromatic N) is 2. The first-order valence-electron chi connectivity index (χ1n) is 11.7. The number of rotatable bonds is 9. The number of amides is 1. The molecule has 1 amide bonds. The number of aliphatic carboxylic acids is 1. The summed E-state index contributed by atoms with van der Waals surface area (Å²) in [6.45, 7) is 3.82. The number of aromatic nitrogens is 1. The van der Waals surface area contributed by atoms with E-state index in [1.165, 1.54) is 11.0 Å². The van der Waals surface area contributed by atoms with Crippen LogP contribution in [0.3, 0.4) is 0 Å². The largest absolute Gasteiger partial charge is 0.480 e. The number of thiocarbonyl (C=S) groups is 1. The van der Waals surface area contributed by atoms with Crippen molar-refractivity contribution < 1.29 is 14.7 Å². The normalized spacial score (nSPS) is 13.3. The molecule has 38 heavy (non-hydrogen) atoms. The van der Waals surface area contributed by atoms with Crippen LogP contribution in [-0.4, -0.2) is 43.1 Å². The Labute approximate surface area is 241 Å². The summed E-state index contributed by atoms with van der Waals surface area (Å²) >= 11 is 24.3. The number of halogens is 3. The summed E-state index contributed by atoms with van der Waals surface area (Å²) in [6, 6.07) is 17.2. The van der Waals surface area contributed by atoms with E-state index in [1.54, 1.807) is 30.5 Å². The summed E-state index contributed by atoms with van der Waals surface area (Å²) < 4.78 is -2.03. The molecule has 0 saturated carbocycles. The van der Waals surface area contributed by atoms with Crippen molar-refractivity contribution in [2.45, 2.75) is 36.3 Å². The average molecular weight is 594 g/mol. The highest BCUT2D eigenvalue weighted by Gasteiger charge is 2.38. The van der Waals surface area contributed by atoms with Gasteiger partial charge in [-0.15, -0.1) is 0 Å². The van der Waals surface area contributed by atoms with Gasteiger partial charge in [0, 0.05) is 17.7 Å². The molecule has 7 nitrogen and oxygen atoms in total. The van der Waals surface area contributed by atoms with E-state index in [4.69, 9.17) is 47.0 Å².